The molecule has 102 valence electrons. The largest absolute Gasteiger partial charge is 0.395 e. The van der Waals surface area contributed by atoms with E-state index in [2.05, 4.69) is 37.8 Å². The lowest BCUT2D eigenvalue weighted by atomic mass is 10.4. The van der Waals surface area contributed by atoms with Gasteiger partial charge in [0, 0.05) is 13.1 Å². The van der Waals surface area contributed by atoms with Crippen LogP contribution in [0.3, 0.4) is 0 Å². The minimum atomic E-state index is 0.0518. The summed E-state index contributed by atoms with van der Waals surface area (Å²) in [5, 5.41) is 18.1. The fourth-order valence-electron chi connectivity index (χ4n) is 1.40. The molecule has 0 aliphatic carbocycles. The zero-order valence-electron chi connectivity index (χ0n) is 11.0. The van der Waals surface area contributed by atoms with Crippen LogP contribution in [0, 0.1) is 6.92 Å². The molecule has 0 aromatic carbocycles. The fourth-order valence-corrected chi connectivity index (χ4v) is 1.40. The lowest BCUT2D eigenvalue weighted by Crippen LogP contribution is -2.18. The number of aliphatic hydroxyl groups excluding tert-OH is 1. The Morgan fingerprint density at radius 3 is 2.28 bits per heavy atom. The molecular formula is C11H22N6O. The second-order valence-electron chi connectivity index (χ2n) is 3.81. The summed E-state index contributed by atoms with van der Waals surface area (Å²) < 4.78 is 0. The highest BCUT2D eigenvalue weighted by Crippen LogP contribution is 2.04. The van der Waals surface area contributed by atoms with Crippen molar-refractivity contribution in [3.63, 3.8) is 0 Å². The molecule has 0 unspecified atom stereocenters. The van der Waals surface area contributed by atoms with E-state index in [9.17, 15) is 0 Å². The Hall–Kier alpha value is -1.47. The molecular weight excluding hydrogens is 232 g/mol. The molecule has 4 N–H and O–H groups in total. The Kier molecular flexibility index (Phi) is 6.97. The van der Waals surface area contributed by atoms with Gasteiger partial charge in [0.15, 0.2) is 0 Å². The molecule has 1 aromatic heterocycles. The summed E-state index contributed by atoms with van der Waals surface area (Å²) in [6, 6.07) is 0. The normalized spacial score (nSPS) is 10.4. The van der Waals surface area contributed by atoms with Crippen LogP contribution in [-0.2, 0) is 0 Å². The van der Waals surface area contributed by atoms with Gasteiger partial charge in [-0.1, -0.05) is 6.92 Å². The number of nitrogens with one attached hydrogen (secondary N) is 3. The molecule has 0 radical (unpaired) electrons. The van der Waals surface area contributed by atoms with Gasteiger partial charge in [-0.3, -0.25) is 0 Å². The second-order valence-corrected chi connectivity index (χ2v) is 3.81. The summed E-state index contributed by atoms with van der Waals surface area (Å²) >= 11 is 0. The Bertz CT molecular complexity index is 346. The molecule has 1 heterocycles. The van der Waals surface area contributed by atoms with Gasteiger partial charge in [0.05, 0.1) is 6.61 Å². The van der Waals surface area contributed by atoms with E-state index in [0.717, 1.165) is 26.1 Å². The molecule has 1 aromatic rings. The van der Waals surface area contributed by atoms with E-state index >= 15 is 0 Å². The second kappa shape index (κ2) is 8.60. The molecule has 18 heavy (non-hydrogen) atoms. The molecule has 0 bridgehead atoms. The highest BCUT2D eigenvalue weighted by atomic mass is 16.3. The molecule has 0 fully saturated rings. The predicted octanol–water partition coefficient (Wildman–Crippen LogP) is -0.00428. The highest BCUT2D eigenvalue weighted by molar-refractivity contribution is 5.34. The zero-order chi connectivity index (χ0) is 13.2. The third-order valence-electron chi connectivity index (χ3n) is 2.21. The maximum absolute atomic E-state index is 8.73. The first-order chi connectivity index (χ1) is 8.76. The van der Waals surface area contributed by atoms with Crippen molar-refractivity contribution in [3.05, 3.63) is 5.82 Å². The van der Waals surface area contributed by atoms with Gasteiger partial charge in [-0.15, -0.1) is 0 Å². The van der Waals surface area contributed by atoms with Crippen molar-refractivity contribution in [1.29, 1.82) is 0 Å². The van der Waals surface area contributed by atoms with Crippen molar-refractivity contribution in [2.24, 2.45) is 0 Å². The number of anilines is 2. The van der Waals surface area contributed by atoms with E-state index < -0.39 is 0 Å². The summed E-state index contributed by atoms with van der Waals surface area (Å²) in [6.07, 6.45) is 1.01. The van der Waals surface area contributed by atoms with Crippen molar-refractivity contribution in [2.75, 3.05) is 43.4 Å². The molecule has 7 heteroatoms. The van der Waals surface area contributed by atoms with Gasteiger partial charge < -0.3 is 21.1 Å². The van der Waals surface area contributed by atoms with E-state index in [4.69, 9.17) is 5.11 Å². The smallest absolute Gasteiger partial charge is 0.227 e. The van der Waals surface area contributed by atoms with Gasteiger partial charge in [0.1, 0.15) is 5.82 Å². The molecule has 0 spiro atoms. The van der Waals surface area contributed by atoms with E-state index in [1.165, 1.54) is 0 Å². The number of hydrogen-bond donors (Lipinski definition) is 4. The lowest BCUT2D eigenvalue weighted by Gasteiger charge is -2.08. The monoisotopic (exact) mass is 254 g/mol. The third kappa shape index (κ3) is 5.74. The Balaban J connectivity index is 2.41. The van der Waals surface area contributed by atoms with Gasteiger partial charge in [-0.2, -0.15) is 15.0 Å². The molecule has 0 saturated carbocycles. The van der Waals surface area contributed by atoms with Crippen molar-refractivity contribution < 1.29 is 5.11 Å². The van der Waals surface area contributed by atoms with Crippen LogP contribution < -0.4 is 16.0 Å². The van der Waals surface area contributed by atoms with Crippen LogP contribution in [0.1, 0.15) is 19.2 Å². The topological polar surface area (TPSA) is 95.0 Å². The first-order valence-corrected chi connectivity index (χ1v) is 6.28. The zero-order valence-corrected chi connectivity index (χ0v) is 11.0. The maximum Gasteiger partial charge on any atom is 0.227 e. The van der Waals surface area contributed by atoms with Gasteiger partial charge >= 0.3 is 0 Å². The number of aromatic nitrogens is 3. The van der Waals surface area contributed by atoms with E-state index in [1.807, 2.05) is 6.92 Å². The van der Waals surface area contributed by atoms with Crippen molar-refractivity contribution in [1.82, 2.24) is 20.3 Å². The molecule has 0 amide bonds. The highest BCUT2D eigenvalue weighted by Gasteiger charge is 2.02. The first kappa shape index (κ1) is 14.6. The van der Waals surface area contributed by atoms with Crippen LogP contribution in [0.5, 0.6) is 0 Å². The van der Waals surface area contributed by atoms with Crippen LogP contribution in [0.25, 0.3) is 0 Å². The number of hydrogen-bond acceptors (Lipinski definition) is 7. The summed E-state index contributed by atoms with van der Waals surface area (Å²) in [5.74, 6) is 1.71. The summed E-state index contributed by atoms with van der Waals surface area (Å²) in [5.41, 5.74) is 0. The Morgan fingerprint density at radius 1 is 1.00 bits per heavy atom. The lowest BCUT2D eigenvalue weighted by molar-refractivity contribution is 0.310. The molecule has 0 atom stereocenters. The summed E-state index contributed by atoms with van der Waals surface area (Å²) in [6.45, 7) is 7.16. The molecule has 0 aliphatic rings. The van der Waals surface area contributed by atoms with Gasteiger partial charge in [0.25, 0.3) is 0 Å². The number of nitrogens with zero attached hydrogens (tertiary/aromatic N) is 3. The van der Waals surface area contributed by atoms with Crippen LogP contribution in [0.2, 0.25) is 0 Å². The molecule has 0 saturated heterocycles. The number of aryl methyl sites for hydroxylation is 1. The summed E-state index contributed by atoms with van der Waals surface area (Å²) in [7, 11) is 0. The third-order valence-corrected chi connectivity index (χ3v) is 2.21. The van der Waals surface area contributed by atoms with Gasteiger partial charge in [-0.25, -0.2) is 0 Å². The minimum Gasteiger partial charge on any atom is -0.395 e. The van der Waals surface area contributed by atoms with E-state index in [-0.39, 0.29) is 6.61 Å². The maximum atomic E-state index is 8.73. The Morgan fingerprint density at radius 2 is 1.67 bits per heavy atom. The van der Waals surface area contributed by atoms with Crippen LogP contribution in [-0.4, -0.2) is 52.8 Å². The van der Waals surface area contributed by atoms with Crippen molar-refractivity contribution >= 4 is 11.9 Å². The van der Waals surface area contributed by atoms with Gasteiger partial charge in [0.2, 0.25) is 11.9 Å². The molecule has 1 rings (SSSR count). The average molecular weight is 254 g/mol. The van der Waals surface area contributed by atoms with E-state index in [0.29, 0.717) is 24.3 Å². The number of aliphatic hydroxyl groups is 1. The van der Waals surface area contributed by atoms with E-state index in [1.54, 1.807) is 0 Å². The number of rotatable bonds is 9. The molecule has 0 aliphatic heterocycles. The molecule has 7 nitrogen and oxygen atoms in total. The average Bonchev–Trinajstić information content (AvgIpc) is 2.35. The van der Waals surface area contributed by atoms with Crippen LogP contribution >= 0.6 is 0 Å². The first-order valence-electron chi connectivity index (χ1n) is 6.28. The fraction of sp³-hybridized carbons (Fsp3) is 0.727. The van der Waals surface area contributed by atoms with Crippen molar-refractivity contribution in [3.8, 4) is 0 Å². The standard InChI is InChI=1S/C11H22N6O/c1-3-12-5-4-6-13-10-15-9(2)16-11(17-10)14-7-8-18/h12,18H,3-8H2,1-2H3,(H2,13,14,15,16,17). The van der Waals surface area contributed by atoms with Crippen molar-refractivity contribution in [2.45, 2.75) is 20.3 Å². The van der Waals surface area contributed by atoms with Crippen LogP contribution in [0.4, 0.5) is 11.9 Å². The van der Waals surface area contributed by atoms with Gasteiger partial charge in [-0.05, 0) is 26.4 Å². The quantitative estimate of drug-likeness (QED) is 0.461. The SMILES string of the molecule is CCNCCCNc1nc(C)nc(NCCO)n1. The minimum absolute atomic E-state index is 0.0518. The Labute approximate surface area is 107 Å². The predicted molar refractivity (Wildman–Crippen MR) is 71.8 cm³/mol. The van der Waals surface area contributed by atoms with Crippen LogP contribution in [0.15, 0.2) is 0 Å². The summed E-state index contributed by atoms with van der Waals surface area (Å²) in [4.78, 5) is 12.5.